The van der Waals surface area contributed by atoms with Gasteiger partial charge in [0.2, 0.25) is 5.88 Å². The first kappa shape index (κ1) is 27.7. The molecule has 0 saturated heterocycles. The van der Waals surface area contributed by atoms with E-state index in [9.17, 15) is 5.11 Å². The Balaban J connectivity index is 1.94. The number of rotatable bonds is 12. The highest BCUT2D eigenvalue weighted by Gasteiger charge is 2.24. The molecule has 0 saturated carbocycles. The normalized spacial score (nSPS) is 12.8. The molecule has 2 aromatic carbocycles. The number of para-hydroxylation sites is 1. The maximum Gasteiger partial charge on any atom is 0.227 e. The lowest BCUT2D eigenvalue weighted by Crippen LogP contribution is -2.38. The van der Waals surface area contributed by atoms with Crippen LogP contribution in [0.15, 0.2) is 54.6 Å². The SMILES string of the molecule is COc1cccc(Oc2c(CN(CC(C)C)CC(O)COC(C)(C)C)c(C)nn2-c2ccccc2)c1. The Morgan fingerprint density at radius 1 is 1.00 bits per heavy atom. The van der Waals surface area contributed by atoms with E-state index in [0.29, 0.717) is 30.6 Å². The maximum absolute atomic E-state index is 10.8. The van der Waals surface area contributed by atoms with Gasteiger partial charge in [0.05, 0.1) is 42.4 Å². The molecule has 36 heavy (non-hydrogen) atoms. The quantitative estimate of drug-likeness (QED) is 0.352. The molecule has 7 heteroatoms. The largest absolute Gasteiger partial charge is 0.497 e. The summed E-state index contributed by atoms with van der Waals surface area (Å²) >= 11 is 0. The molecule has 1 aromatic heterocycles. The molecule has 1 unspecified atom stereocenters. The van der Waals surface area contributed by atoms with Gasteiger partial charge in [-0.05, 0) is 57.9 Å². The average Bonchev–Trinajstić information content (AvgIpc) is 3.12. The van der Waals surface area contributed by atoms with Gasteiger partial charge in [-0.15, -0.1) is 0 Å². The van der Waals surface area contributed by atoms with E-state index in [0.717, 1.165) is 29.2 Å². The fraction of sp³-hybridized carbons (Fsp3) is 0.483. The first-order valence-electron chi connectivity index (χ1n) is 12.6. The fourth-order valence-corrected chi connectivity index (χ4v) is 3.99. The number of aliphatic hydroxyl groups is 1. The molecule has 0 aliphatic carbocycles. The van der Waals surface area contributed by atoms with Crippen molar-refractivity contribution in [1.29, 1.82) is 0 Å². The molecule has 0 radical (unpaired) electrons. The number of aliphatic hydroxyl groups excluding tert-OH is 1. The second-order valence-electron chi connectivity index (χ2n) is 10.6. The van der Waals surface area contributed by atoms with Crippen LogP contribution in [0.25, 0.3) is 5.69 Å². The predicted octanol–water partition coefficient (Wildman–Crippen LogP) is 5.62. The summed E-state index contributed by atoms with van der Waals surface area (Å²) in [6.07, 6.45) is -0.602. The Labute approximate surface area is 215 Å². The van der Waals surface area contributed by atoms with Crippen LogP contribution in [0.2, 0.25) is 0 Å². The first-order chi connectivity index (χ1) is 17.1. The smallest absolute Gasteiger partial charge is 0.227 e. The molecule has 1 N–H and O–H groups in total. The molecule has 0 aliphatic heterocycles. The van der Waals surface area contributed by atoms with Crippen LogP contribution in [0, 0.1) is 12.8 Å². The van der Waals surface area contributed by atoms with Gasteiger partial charge < -0.3 is 19.3 Å². The van der Waals surface area contributed by atoms with Crippen LogP contribution in [-0.2, 0) is 11.3 Å². The van der Waals surface area contributed by atoms with Crippen molar-refractivity contribution in [3.8, 4) is 23.1 Å². The highest BCUT2D eigenvalue weighted by atomic mass is 16.5. The van der Waals surface area contributed by atoms with Crippen molar-refractivity contribution in [3.05, 3.63) is 65.9 Å². The summed E-state index contributed by atoms with van der Waals surface area (Å²) < 4.78 is 19.5. The van der Waals surface area contributed by atoms with Crippen molar-refractivity contribution in [2.24, 2.45) is 5.92 Å². The zero-order valence-corrected chi connectivity index (χ0v) is 22.7. The third-order valence-corrected chi connectivity index (χ3v) is 5.58. The number of methoxy groups -OCH3 is 1. The van der Waals surface area contributed by atoms with Gasteiger partial charge in [0.1, 0.15) is 11.5 Å². The molecule has 0 bridgehead atoms. The van der Waals surface area contributed by atoms with Crippen molar-refractivity contribution < 1.29 is 19.3 Å². The second-order valence-corrected chi connectivity index (χ2v) is 10.6. The molecule has 7 nitrogen and oxygen atoms in total. The molecule has 3 rings (SSSR count). The molecule has 1 atom stereocenters. The number of ether oxygens (including phenoxy) is 3. The molecule has 0 spiro atoms. The van der Waals surface area contributed by atoms with Crippen LogP contribution in [0.5, 0.6) is 17.4 Å². The van der Waals surface area contributed by atoms with Crippen molar-refractivity contribution in [1.82, 2.24) is 14.7 Å². The van der Waals surface area contributed by atoms with Gasteiger partial charge in [0, 0.05) is 25.7 Å². The van der Waals surface area contributed by atoms with Gasteiger partial charge in [-0.3, -0.25) is 4.90 Å². The van der Waals surface area contributed by atoms with Gasteiger partial charge in [-0.2, -0.15) is 5.10 Å². The minimum Gasteiger partial charge on any atom is -0.497 e. The minimum absolute atomic E-state index is 0.285. The van der Waals surface area contributed by atoms with E-state index >= 15 is 0 Å². The van der Waals surface area contributed by atoms with E-state index < -0.39 is 6.10 Å². The standard InChI is InChI=1S/C29H41N3O4/c1-21(2)17-31(18-24(33)20-35-29(4,5)6)19-27-22(3)30-32(23-12-9-8-10-13-23)28(27)36-26-15-11-14-25(16-26)34-7/h8-16,21,24,33H,17-20H2,1-7H3. The molecule has 1 heterocycles. The highest BCUT2D eigenvalue weighted by molar-refractivity contribution is 5.44. The Morgan fingerprint density at radius 3 is 2.33 bits per heavy atom. The fourth-order valence-electron chi connectivity index (χ4n) is 3.99. The van der Waals surface area contributed by atoms with E-state index in [1.165, 1.54) is 0 Å². The third-order valence-electron chi connectivity index (χ3n) is 5.58. The molecular weight excluding hydrogens is 454 g/mol. The van der Waals surface area contributed by atoms with Crippen LogP contribution in [0.4, 0.5) is 0 Å². The highest BCUT2D eigenvalue weighted by Crippen LogP contribution is 2.33. The zero-order chi connectivity index (χ0) is 26.3. The number of hydrogen-bond donors (Lipinski definition) is 1. The van der Waals surface area contributed by atoms with Gasteiger partial charge >= 0.3 is 0 Å². The minimum atomic E-state index is -0.602. The van der Waals surface area contributed by atoms with Gasteiger partial charge in [-0.1, -0.05) is 38.1 Å². The Morgan fingerprint density at radius 2 is 1.69 bits per heavy atom. The number of aryl methyl sites for hydroxylation is 1. The number of benzene rings is 2. The van der Waals surface area contributed by atoms with Crippen LogP contribution >= 0.6 is 0 Å². The van der Waals surface area contributed by atoms with Gasteiger partial charge in [-0.25, -0.2) is 4.68 Å². The second kappa shape index (κ2) is 12.4. The van der Waals surface area contributed by atoms with Crippen LogP contribution < -0.4 is 9.47 Å². The van der Waals surface area contributed by atoms with E-state index in [4.69, 9.17) is 19.3 Å². The summed E-state index contributed by atoms with van der Waals surface area (Å²) in [7, 11) is 1.64. The van der Waals surface area contributed by atoms with Crippen molar-refractivity contribution in [3.63, 3.8) is 0 Å². The number of hydrogen-bond acceptors (Lipinski definition) is 6. The Kier molecular flexibility index (Phi) is 9.54. The van der Waals surface area contributed by atoms with E-state index in [1.54, 1.807) is 7.11 Å². The zero-order valence-electron chi connectivity index (χ0n) is 22.7. The third kappa shape index (κ3) is 8.08. The summed E-state index contributed by atoms with van der Waals surface area (Å²) in [4.78, 5) is 2.25. The monoisotopic (exact) mass is 495 g/mol. The van der Waals surface area contributed by atoms with Crippen molar-refractivity contribution >= 4 is 0 Å². The summed E-state index contributed by atoms with van der Waals surface area (Å²) in [6, 6.07) is 17.5. The van der Waals surface area contributed by atoms with Crippen LogP contribution in [0.1, 0.15) is 45.9 Å². The predicted molar refractivity (Wildman–Crippen MR) is 143 cm³/mol. The van der Waals surface area contributed by atoms with Crippen LogP contribution in [0.3, 0.4) is 0 Å². The van der Waals surface area contributed by atoms with E-state index in [2.05, 4.69) is 18.7 Å². The van der Waals surface area contributed by atoms with Crippen LogP contribution in [-0.4, -0.2) is 58.3 Å². The van der Waals surface area contributed by atoms with Gasteiger partial charge in [0.15, 0.2) is 0 Å². The lowest BCUT2D eigenvalue weighted by Gasteiger charge is -2.28. The molecule has 0 aliphatic rings. The van der Waals surface area contributed by atoms with Crippen molar-refractivity contribution in [2.75, 3.05) is 26.8 Å². The molecule has 3 aromatic rings. The summed E-state index contributed by atoms with van der Waals surface area (Å²) in [5.41, 5.74) is 2.48. The van der Waals surface area contributed by atoms with Crippen molar-refractivity contribution in [2.45, 2.75) is 59.8 Å². The summed E-state index contributed by atoms with van der Waals surface area (Å²) in [6.45, 7) is 14.5. The first-order valence-corrected chi connectivity index (χ1v) is 12.6. The van der Waals surface area contributed by atoms with E-state index in [1.807, 2.05) is 87.0 Å². The van der Waals surface area contributed by atoms with Gasteiger partial charge in [0.25, 0.3) is 0 Å². The molecule has 0 amide bonds. The molecule has 196 valence electrons. The Bertz CT molecular complexity index is 1090. The topological polar surface area (TPSA) is 69.0 Å². The molecule has 0 fully saturated rings. The number of aromatic nitrogens is 2. The molecular formula is C29H41N3O4. The maximum atomic E-state index is 10.8. The lowest BCUT2D eigenvalue weighted by atomic mass is 10.1. The number of nitrogens with zero attached hydrogens (tertiary/aromatic N) is 3. The lowest BCUT2D eigenvalue weighted by molar-refractivity contribution is -0.0573. The summed E-state index contributed by atoms with van der Waals surface area (Å²) in [5, 5.41) is 15.6. The van der Waals surface area contributed by atoms with E-state index in [-0.39, 0.29) is 12.2 Å². The Hall–Kier alpha value is -2.87. The average molecular weight is 496 g/mol. The summed E-state index contributed by atoms with van der Waals surface area (Å²) in [5.74, 6) is 2.47.